The first-order valence-electron chi connectivity index (χ1n) is 7.08. The summed E-state index contributed by atoms with van der Waals surface area (Å²) >= 11 is 1.04. The van der Waals surface area contributed by atoms with Crippen molar-refractivity contribution < 1.29 is 18.1 Å². The topological polar surface area (TPSA) is 62.5 Å². The highest BCUT2D eigenvalue weighted by molar-refractivity contribution is 7.22. The van der Waals surface area contributed by atoms with Crippen LogP contribution in [-0.4, -0.2) is 48.1 Å². The summed E-state index contributed by atoms with van der Waals surface area (Å²) in [4.78, 5) is 20.1. The summed E-state index contributed by atoms with van der Waals surface area (Å²) in [5.41, 5.74) is 0.0385. The van der Waals surface area contributed by atoms with Crippen LogP contribution in [0.3, 0.4) is 0 Å². The average molecular weight is 389 g/mol. The molecule has 0 N–H and O–H groups in total. The van der Waals surface area contributed by atoms with E-state index >= 15 is 0 Å². The summed E-state index contributed by atoms with van der Waals surface area (Å²) < 4.78 is 32.5. The van der Waals surface area contributed by atoms with Gasteiger partial charge in [0.15, 0.2) is 10.9 Å². The Morgan fingerprint density at radius 1 is 1.28 bits per heavy atom. The second kappa shape index (κ2) is 7.85. The van der Waals surface area contributed by atoms with Gasteiger partial charge in [-0.05, 0) is 20.2 Å². The predicted molar refractivity (Wildman–Crippen MR) is 93.5 cm³/mol. The molecule has 3 aromatic rings. The third kappa shape index (κ3) is 4.12. The summed E-state index contributed by atoms with van der Waals surface area (Å²) in [6.45, 7) is 0.878. The molecule has 134 valence electrons. The maximum atomic E-state index is 13.9. The Balaban J connectivity index is 0.00000225. The van der Waals surface area contributed by atoms with Gasteiger partial charge in [-0.1, -0.05) is 16.5 Å². The van der Waals surface area contributed by atoms with E-state index in [0.717, 1.165) is 17.4 Å². The van der Waals surface area contributed by atoms with Gasteiger partial charge in [-0.15, -0.1) is 12.4 Å². The lowest BCUT2D eigenvalue weighted by molar-refractivity contribution is 0.0949. The average Bonchev–Trinajstić information content (AvgIpc) is 3.16. The molecule has 6 nitrogen and oxygen atoms in total. The van der Waals surface area contributed by atoms with E-state index in [-0.39, 0.29) is 28.8 Å². The van der Waals surface area contributed by atoms with Crippen molar-refractivity contribution in [1.82, 2.24) is 15.0 Å². The van der Waals surface area contributed by atoms with Crippen LogP contribution in [0.2, 0.25) is 0 Å². The molecule has 0 saturated carbocycles. The molecular formula is C15H15ClF2N4O2S. The number of anilines is 1. The standard InChI is InChI=1S/C15H14F2N4O2S.ClH/c1-20(2)5-6-21(14(22)11-3-4-18-23-11)15-19-13-10(17)7-9(16)8-12(13)24-15;/h3-4,7-8H,5-6H2,1-2H3;1H. The fraction of sp³-hybridized carbons (Fsp3) is 0.267. The highest BCUT2D eigenvalue weighted by Gasteiger charge is 2.24. The number of rotatable bonds is 5. The molecule has 10 heteroatoms. The third-order valence-electron chi connectivity index (χ3n) is 3.30. The highest BCUT2D eigenvalue weighted by atomic mass is 35.5. The van der Waals surface area contributed by atoms with Gasteiger partial charge in [0.1, 0.15) is 11.3 Å². The number of benzene rings is 1. The Kier molecular flexibility index (Phi) is 6.04. The first-order chi connectivity index (χ1) is 11.5. The number of amides is 1. The van der Waals surface area contributed by atoms with Gasteiger partial charge in [-0.2, -0.15) is 0 Å². The minimum absolute atomic E-state index is 0. The van der Waals surface area contributed by atoms with Crippen LogP contribution in [0.4, 0.5) is 13.9 Å². The molecule has 0 unspecified atom stereocenters. The van der Waals surface area contributed by atoms with Crippen molar-refractivity contribution in [3.8, 4) is 0 Å². The molecule has 1 aromatic carbocycles. The van der Waals surface area contributed by atoms with Gasteiger partial charge < -0.3 is 9.42 Å². The number of nitrogens with zero attached hydrogens (tertiary/aromatic N) is 4. The molecule has 0 spiro atoms. The monoisotopic (exact) mass is 388 g/mol. The summed E-state index contributed by atoms with van der Waals surface area (Å²) in [6.07, 6.45) is 1.37. The summed E-state index contributed by atoms with van der Waals surface area (Å²) in [5, 5.41) is 3.80. The van der Waals surface area contributed by atoms with E-state index in [2.05, 4.69) is 10.1 Å². The molecule has 3 rings (SSSR count). The van der Waals surface area contributed by atoms with Crippen molar-refractivity contribution in [3.05, 3.63) is 41.8 Å². The van der Waals surface area contributed by atoms with Gasteiger partial charge in [0, 0.05) is 25.2 Å². The summed E-state index contributed by atoms with van der Waals surface area (Å²) in [6, 6.07) is 3.41. The second-order valence-corrected chi connectivity index (χ2v) is 6.38. The minimum Gasteiger partial charge on any atom is -0.351 e. The zero-order valence-electron chi connectivity index (χ0n) is 13.4. The largest absolute Gasteiger partial charge is 0.351 e. The van der Waals surface area contributed by atoms with E-state index < -0.39 is 17.5 Å². The first-order valence-corrected chi connectivity index (χ1v) is 7.90. The third-order valence-corrected chi connectivity index (χ3v) is 4.32. The van der Waals surface area contributed by atoms with Gasteiger partial charge in [0.2, 0.25) is 5.76 Å². The number of thiazole rings is 1. The van der Waals surface area contributed by atoms with Crippen LogP contribution in [0.15, 0.2) is 28.9 Å². The lowest BCUT2D eigenvalue weighted by Crippen LogP contribution is -2.36. The van der Waals surface area contributed by atoms with Crippen LogP contribution in [-0.2, 0) is 0 Å². The maximum Gasteiger partial charge on any atom is 0.298 e. The molecule has 0 radical (unpaired) electrons. The summed E-state index contributed by atoms with van der Waals surface area (Å²) in [7, 11) is 3.73. The molecule has 0 aliphatic heterocycles. The van der Waals surface area contributed by atoms with Crippen LogP contribution < -0.4 is 4.90 Å². The Labute approximate surface area is 152 Å². The smallest absolute Gasteiger partial charge is 0.298 e. The molecule has 2 heterocycles. The highest BCUT2D eigenvalue weighted by Crippen LogP contribution is 2.31. The van der Waals surface area contributed by atoms with Gasteiger partial charge >= 0.3 is 0 Å². The van der Waals surface area contributed by atoms with Gasteiger partial charge in [-0.25, -0.2) is 13.8 Å². The second-order valence-electron chi connectivity index (χ2n) is 5.37. The maximum absolute atomic E-state index is 13.9. The van der Waals surface area contributed by atoms with Crippen LogP contribution >= 0.6 is 23.7 Å². The number of likely N-dealkylation sites (N-methyl/N-ethyl adjacent to an activating group) is 1. The molecule has 2 aromatic heterocycles. The molecule has 0 fully saturated rings. The van der Waals surface area contributed by atoms with Crippen LogP contribution in [0.25, 0.3) is 10.2 Å². The minimum atomic E-state index is -0.757. The Morgan fingerprint density at radius 2 is 2.04 bits per heavy atom. The number of carbonyl (C=O) groups excluding carboxylic acids is 1. The Bertz CT molecular complexity index is 870. The van der Waals surface area contributed by atoms with Crippen LogP contribution in [0, 0.1) is 11.6 Å². The quantitative estimate of drug-likeness (QED) is 0.671. The van der Waals surface area contributed by atoms with E-state index in [0.29, 0.717) is 17.8 Å². The molecule has 0 aliphatic carbocycles. The normalized spacial score (nSPS) is 10.9. The number of aromatic nitrogens is 2. The SMILES string of the molecule is CN(C)CCN(C(=O)c1ccno1)c1nc2c(F)cc(F)cc2s1.Cl. The van der Waals surface area contributed by atoms with Gasteiger partial charge in [-0.3, -0.25) is 9.69 Å². The van der Waals surface area contributed by atoms with Crippen LogP contribution in [0.1, 0.15) is 10.6 Å². The molecule has 25 heavy (non-hydrogen) atoms. The zero-order chi connectivity index (χ0) is 17.3. The number of hydrogen-bond acceptors (Lipinski definition) is 6. The molecule has 1 amide bonds. The van der Waals surface area contributed by atoms with E-state index in [1.165, 1.54) is 23.2 Å². The lowest BCUT2D eigenvalue weighted by atomic mass is 10.3. The van der Waals surface area contributed by atoms with Crippen molar-refractivity contribution in [2.45, 2.75) is 0 Å². The predicted octanol–water partition coefficient (Wildman–Crippen LogP) is 3.19. The lowest BCUT2D eigenvalue weighted by Gasteiger charge is -2.20. The van der Waals surface area contributed by atoms with Crippen LogP contribution in [0.5, 0.6) is 0 Å². The van der Waals surface area contributed by atoms with Gasteiger partial charge in [0.25, 0.3) is 5.91 Å². The van der Waals surface area contributed by atoms with E-state index in [4.69, 9.17) is 4.52 Å². The van der Waals surface area contributed by atoms with E-state index in [9.17, 15) is 13.6 Å². The van der Waals surface area contributed by atoms with Crippen molar-refractivity contribution in [2.75, 3.05) is 32.1 Å². The zero-order valence-corrected chi connectivity index (χ0v) is 15.0. The van der Waals surface area contributed by atoms with Gasteiger partial charge in [0.05, 0.1) is 10.9 Å². The van der Waals surface area contributed by atoms with E-state index in [1.54, 1.807) is 0 Å². The Morgan fingerprint density at radius 3 is 2.68 bits per heavy atom. The molecule has 0 atom stereocenters. The van der Waals surface area contributed by atoms with Crippen molar-refractivity contribution in [2.24, 2.45) is 0 Å². The fourth-order valence-electron chi connectivity index (χ4n) is 2.10. The molecule has 0 aliphatic rings. The number of carbonyl (C=O) groups is 1. The Hall–Kier alpha value is -2.10. The first kappa shape index (κ1) is 19.2. The molecular weight excluding hydrogens is 374 g/mol. The number of hydrogen-bond donors (Lipinski definition) is 0. The number of fused-ring (bicyclic) bond motifs is 1. The fourth-order valence-corrected chi connectivity index (χ4v) is 3.13. The molecule has 0 saturated heterocycles. The van der Waals surface area contributed by atoms with E-state index in [1.807, 2.05) is 19.0 Å². The van der Waals surface area contributed by atoms with Crippen molar-refractivity contribution in [1.29, 1.82) is 0 Å². The van der Waals surface area contributed by atoms with Crippen molar-refractivity contribution in [3.63, 3.8) is 0 Å². The molecule has 0 bridgehead atoms. The number of halogens is 3. The summed E-state index contributed by atoms with van der Waals surface area (Å²) in [5.74, 6) is -1.82. The van der Waals surface area contributed by atoms with Crippen molar-refractivity contribution >= 4 is 45.0 Å².